The van der Waals surface area contributed by atoms with E-state index in [9.17, 15) is 72.5 Å². The number of nitrogens with zero attached hydrogens (tertiary/aromatic N) is 2. The zero-order valence-corrected chi connectivity index (χ0v) is 62.1. The van der Waals surface area contributed by atoms with Gasteiger partial charge in [0, 0.05) is 77.9 Å². The fraction of sp³-hybridized carbons (Fsp3) is 0.577. The summed E-state index contributed by atoms with van der Waals surface area (Å²) >= 11 is 2.37. The van der Waals surface area contributed by atoms with Gasteiger partial charge in [-0.25, -0.2) is 0 Å². The highest BCUT2D eigenvalue weighted by atomic mass is 32.2. The van der Waals surface area contributed by atoms with Crippen molar-refractivity contribution in [2.24, 2.45) is 34.0 Å². The van der Waals surface area contributed by atoms with E-state index in [0.717, 1.165) is 30.8 Å². The third kappa shape index (κ3) is 27.9. The van der Waals surface area contributed by atoms with Gasteiger partial charge in [-0.05, 0) is 124 Å². The topological polar surface area (TPSA) is 561 Å². The molecule has 1 saturated heterocycles. The Kier molecular flexibility index (Phi) is 34.3. The molecule has 7 rings (SSSR count). The molecule has 0 radical (unpaired) electrons. The van der Waals surface area contributed by atoms with Gasteiger partial charge in [0.15, 0.2) is 0 Å². The Morgan fingerprint density at radius 3 is 1.84 bits per heavy atom. The molecule has 12 amide bonds. The Hall–Kier alpha value is -10.2. The second-order valence-electron chi connectivity index (χ2n) is 27.2. The Morgan fingerprint density at radius 2 is 1.19 bits per heavy atom. The summed E-state index contributed by atoms with van der Waals surface area (Å²) in [6.07, 6.45) is 4.50. The number of aliphatic carboxylic acids is 2. The number of nitrogens with two attached hydrogens (primary N) is 4. The van der Waals surface area contributed by atoms with Crippen molar-refractivity contribution < 1.29 is 91.9 Å². The molecule has 1 aromatic heterocycles. The molecule has 0 spiro atoms. The van der Waals surface area contributed by atoms with Crippen LogP contribution in [0.3, 0.4) is 0 Å². The highest BCUT2D eigenvalue weighted by Gasteiger charge is 2.41. The number of carbonyl (C=O) groups is 14. The normalized spacial score (nSPS) is 24.8. The van der Waals surface area contributed by atoms with Crippen molar-refractivity contribution in [3.05, 3.63) is 65.4 Å². The number of carbonyl (C=O) groups excluding carboxylic acids is 14. The van der Waals surface area contributed by atoms with Crippen molar-refractivity contribution in [2.75, 3.05) is 37.8 Å². The molecule has 108 heavy (non-hydrogen) atoms. The minimum atomic E-state index is -1.95. The number of aromatic nitrogens is 1. The summed E-state index contributed by atoms with van der Waals surface area (Å²) < 4.78 is 6.29. The molecule has 10 atom stereocenters. The minimum Gasteiger partial charge on any atom is -0.550 e. The van der Waals surface area contributed by atoms with Gasteiger partial charge in [-0.15, -0.1) is 0 Å². The number of aromatic amines is 1. The molecule has 19 N–H and O–H groups in total. The van der Waals surface area contributed by atoms with Crippen LogP contribution in [0.4, 0.5) is 0 Å². The summed E-state index contributed by atoms with van der Waals surface area (Å²) in [6, 6.07) is -3.07. The number of benzene rings is 2. The first-order chi connectivity index (χ1) is 51.7. The number of hydrogen-bond acceptors (Lipinski definition) is 21. The molecule has 37 heteroatoms. The number of amides is 12. The van der Waals surface area contributed by atoms with Crippen LogP contribution in [-0.4, -0.2) is 203 Å². The third-order valence-electron chi connectivity index (χ3n) is 18.7. The van der Waals surface area contributed by atoms with Crippen molar-refractivity contribution in [3.8, 4) is 5.75 Å². The van der Waals surface area contributed by atoms with Crippen LogP contribution in [-0.2, 0) is 89.9 Å². The van der Waals surface area contributed by atoms with Gasteiger partial charge in [0.2, 0.25) is 65.0 Å². The first-order valence-corrected chi connectivity index (χ1v) is 38.8. The van der Waals surface area contributed by atoms with Crippen LogP contribution in [0.2, 0.25) is 0 Å². The summed E-state index contributed by atoms with van der Waals surface area (Å²) in [5, 5.41) is 52.4. The van der Waals surface area contributed by atoms with E-state index in [2.05, 4.69) is 63.0 Å². The van der Waals surface area contributed by atoms with Crippen LogP contribution < -0.4 is 90.7 Å². The third-order valence-corrected chi connectivity index (χ3v) is 21.0. The highest BCUT2D eigenvalue weighted by Crippen LogP contribution is 2.32. The van der Waals surface area contributed by atoms with Gasteiger partial charge in [0.25, 0.3) is 5.91 Å². The number of unbranched alkanes of at least 4 members (excludes halogenated alkanes) is 1. The molecule has 4 aliphatic rings. The highest BCUT2D eigenvalue weighted by molar-refractivity contribution is 7.98. The summed E-state index contributed by atoms with van der Waals surface area (Å²) in [6.45, 7) is 2.45. The monoisotopic (exact) mass is 1540 g/mol. The SMILES string of the molecule is CCCC[C@@H]1NC(=O)[C@@H]2CCCN2C(=O)[C@@H]2CSCc3cc(cc(c3)OCCCCCCO/N=C/C(=O)N[C@@H](CCC[NH+]=C(N)N)C(=O)N2)CSC[C@@H](C(N)=O)NC(=O)[C@H](CCC(=O)[O-])NC(=O)[C@H](CCC(N)=O)NC(=O)[C@H](Cc2c[nH]c3ccccc23)NC(=O)[C@H](CC2CCC2)NC(=O)[C@H](CC(=O)[O-])NC1=O. The number of nitrogens with one attached hydrogen (secondary N) is 11. The predicted octanol–water partition coefficient (Wildman–Crippen LogP) is -4.86. The summed E-state index contributed by atoms with van der Waals surface area (Å²) in [5.41, 5.74) is 25.2. The van der Waals surface area contributed by atoms with Gasteiger partial charge in [0.1, 0.15) is 79.0 Å². The maximum atomic E-state index is 15.3. The van der Waals surface area contributed by atoms with Crippen LogP contribution >= 0.6 is 23.5 Å². The smallest absolute Gasteiger partial charge is 0.338 e. The largest absolute Gasteiger partial charge is 0.550 e. The Balaban J connectivity index is 1.29. The number of primary amides is 2. The van der Waals surface area contributed by atoms with E-state index in [1.54, 1.807) is 42.6 Å². The molecule has 35 nitrogen and oxygen atoms in total. The van der Waals surface area contributed by atoms with E-state index in [1.165, 1.54) is 16.7 Å². The summed E-state index contributed by atoms with van der Waals surface area (Å²) in [5.74, 6) is -14.6. The van der Waals surface area contributed by atoms with E-state index >= 15 is 4.79 Å². The van der Waals surface area contributed by atoms with Gasteiger partial charge in [-0.2, -0.15) is 23.5 Å². The van der Waals surface area contributed by atoms with Gasteiger partial charge >= 0.3 is 5.96 Å². The molecule has 4 bridgehead atoms. The van der Waals surface area contributed by atoms with Crippen molar-refractivity contribution >= 4 is 129 Å². The maximum absolute atomic E-state index is 15.3. The van der Waals surface area contributed by atoms with Gasteiger partial charge in [-0.1, -0.05) is 68.4 Å². The molecular formula is C71H100N17O18S2-. The molecular weight excluding hydrogens is 1440 g/mol. The summed E-state index contributed by atoms with van der Waals surface area (Å²) in [7, 11) is 0. The maximum Gasteiger partial charge on any atom is 0.338 e. The molecule has 590 valence electrons. The van der Waals surface area contributed by atoms with E-state index in [4.69, 9.17) is 32.5 Å². The van der Waals surface area contributed by atoms with E-state index in [-0.39, 0.29) is 106 Å². The van der Waals surface area contributed by atoms with Crippen LogP contribution in [0.1, 0.15) is 152 Å². The van der Waals surface area contributed by atoms with E-state index in [0.29, 0.717) is 78.3 Å². The number of thioether (sulfide) groups is 2. The van der Waals surface area contributed by atoms with Crippen LogP contribution in [0.25, 0.3) is 10.9 Å². The quantitative estimate of drug-likeness (QED) is 0.0287. The molecule has 1 saturated carbocycles. The number of H-pyrrole nitrogens is 1. The molecule has 1 aliphatic carbocycles. The fourth-order valence-corrected chi connectivity index (χ4v) is 14.7. The Labute approximate surface area is 632 Å². The van der Waals surface area contributed by atoms with Crippen molar-refractivity contribution in [1.29, 1.82) is 0 Å². The number of guanidine groups is 1. The Morgan fingerprint density at radius 1 is 0.602 bits per heavy atom. The fourth-order valence-electron chi connectivity index (χ4n) is 12.7. The van der Waals surface area contributed by atoms with Gasteiger partial charge in [-0.3, -0.25) is 74.0 Å². The number of carboxylic acid groups (broad SMARTS) is 2. The molecule has 2 fully saturated rings. The lowest BCUT2D eigenvalue weighted by Crippen LogP contribution is -2.78. The number of hydrogen-bond donors (Lipinski definition) is 15. The van der Waals surface area contributed by atoms with E-state index in [1.807, 2.05) is 13.0 Å². The number of fused-ring (bicyclic) bond motifs is 7. The second-order valence-corrected chi connectivity index (χ2v) is 29.3. The van der Waals surface area contributed by atoms with Gasteiger partial charge < -0.3 is 98.6 Å². The van der Waals surface area contributed by atoms with Crippen LogP contribution in [0, 0.1) is 5.92 Å². The molecule has 3 aliphatic heterocycles. The molecule has 2 aromatic carbocycles. The first kappa shape index (κ1) is 85.1. The standard InChI is InChI=1S/C71H101N17O18S2/c1-2-3-16-48-63(97)85-53(33-60(93)94)68(102)83-51(31-40-13-10-14-40)66(100)84-52(32-43-34-77-46-17-7-6-15-45(43)46)67(101)81-49(20-22-57(72)89)64(98)80-50(21-23-59(91)92)65(99)86-54(61(73)95)38-107-36-41-28-42-30-44(29-41)105-26-8-4-5-9-27-106-78-35-58(90)79-47(18-11-24-76-71(74)75)62(96)87-55(39-108-37-42)70(104)88-25-12-19-56(88)69(103)82-48/h6-7,15,17,28-30,34-35,40,47-56,77H,2-5,8-14,16,18-27,31-33,36-39H2,1H3,(H2,72,89)(H2,73,95)(H,79,90)(H,80,98)(H,81,101)(H,82,103)(H,83,102)(H,84,100)(H,85,97)(H,86,99)(H,87,96)(H,91,92)(H,93,94)(H4,74,75,76)/p-1/b78-35+/t47-,48-,49-,50-,51-,52-,53-,54-,55-,56-/m0/s1. The predicted molar refractivity (Wildman–Crippen MR) is 393 cm³/mol. The number of oxime groups is 1. The minimum absolute atomic E-state index is 0.00316. The lowest BCUT2D eigenvalue weighted by Gasteiger charge is -2.32. The second kappa shape index (κ2) is 43.6. The zero-order valence-electron chi connectivity index (χ0n) is 60.4. The molecule has 0 unspecified atom stereocenters. The summed E-state index contributed by atoms with van der Waals surface area (Å²) in [4.78, 5) is 209. The number of ether oxygens (including phenoxy) is 1. The average molecular weight is 1540 g/mol. The van der Waals surface area contributed by atoms with Crippen LogP contribution in [0.5, 0.6) is 5.75 Å². The zero-order chi connectivity index (χ0) is 78.2. The van der Waals surface area contributed by atoms with Crippen molar-refractivity contribution in [1.82, 2.24) is 57.7 Å². The van der Waals surface area contributed by atoms with Crippen molar-refractivity contribution in [2.45, 2.75) is 214 Å². The van der Waals surface area contributed by atoms with E-state index < -0.39 is 175 Å². The average Bonchev–Trinajstić information content (AvgIpc) is 1.65. The number of carboxylic acids is 2. The van der Waals surface area contributed by atoms with Gasteiger partial charge in [0.05, 0.1) is 13.2 Å². The van der Waals surface area contributed by atoms with Crippen LogP contribution in [0.15, 0.2) is 53.8 Å². The lowest BCUT2D eigenvalue weighted by atomic mass is 9.80. The Bertz CT molecular complexity index is 3740. The number of rotatable bonds is 20. The molecule has 3 aromatic rings. The lowest BCUT2D eigenvalue weighted by molar-refractivity contribution is -0.459. The molecule has 4 heterocycles. The first-order valence-electron chi connectivity index (χ1n) is 36.5. The van der Waals surface area contributed by atoms with Crippen molar-refractivity contribution in [3.63, 3.8) is 0 Å². The number of para-hydroxylation sites is 1.